The maximum Gasteiger partial charge on any atom is 0.335 e. The Bertz CT molecular complexity index is 1900. The summed E-state index contributed by atoms with van der Waals surface area (Å²) >= 11 is 0. The molecule has 5 aliphatic carbocycles. The molecule has 3 heterocycles. The third kappa shape index (κ3) is 7.83. The van der Waals surface area contributed by atoms with Gasteiger partial charge in [0.1, 0.15) is 66.8 Å². The van der Waals surface area contributed by atoms with Gasteiger partial charge in [-0.3, -0.25) is 4.79 Å². The van der Waals surface area contributed by atoms with E-state index in [1.807, 2.05) is 6.92 Å². The molecule has 0 bridgehead atoms. The molecule has 0 aromatic rings. The van der Waals surface area contributed by atoms with Gasteiger partial charge in [-0.05, 0) is 92.8 Å². The van der Waals surface area contributed by atoms with Gasteiger partial charge < -0.3 is 84.6 Å². The molecule has 0 aromatic carbocycles. The van der Waals surface area contributed by atoms with Crippen molar-refractivity contribution in [1.29, 1.82) is 0 Å². The summed E-state index contributed by atoms with van der Waals surface area (Å²) in [6.45, 7) is 15.1. The third-order valence-electron chi connectivity index (χ3n) is 19.3. The van der Waals surface area contributed by atoms with Crippen LogP contribution in [0.2, 0.25) is 0 Å². The molecular formula is C48H76O19. The van der Waals surface area contributed by atoms with Crippen LogP contribution in [0.25, 0.3) is 0 Å². The standard InChI is InChI=1S/C48H76O19/c1-20-29(53)31(55)35(59)40(62-20)66-37-32(56)30(54)23(18-49)63-41(37)67-38-34(58)33(57)36(39(60)61)65-42(38)64-28-12-13-44(4)24(46(28,6)19-50)11-14-47(7)25(44)10-9-21-22-15-43(2,3)16-26(51)45(22,5)17-27(52)48(21,47)8/h9,20,22-26,28-38,40-42,49-51,53-59H,10-19H2,1-8H3,(H,60,61)/t20-,22-,23+,24+,25+,26+,28-,29-,30-,31+,32-,33-,34-,35+,36-,37+,38+,40-,41-,42+,44-,45+,46+,47+,48-/m0/s1. The maximum atomic E-state index is 14.8. The molecule has 0 spiro atoms. The van der Waals surface area contributed by atoms with Crippen LogP contribution >= 0.6 is 0 Å². The quantitative estimate of drug-likeness (QED) is 0.106. The van der Waals surface area contributed by atoms with E-state index in [4.69, 9.17) is 28.4 Å². The molecule has 0 aromatic heterocycles. The van der Waals surface area contributed by atoms with Crippen molar-refractivity contribution >= 4 is 11.8 Å². The van der Waals surface area contributed by atoms with Crippen molar-refractivity contribution in [3.63, 3.8) is 0 Å². The van der Waals surface area contributed by atoms with Gasteiger partial charge >= 0.3 is 5.97 Å². The van der Waals surface area contributed by atoms with Gasteiger partial charge in [-0.1, -0.05) is 53.2 Å². The first-order chi connectivity index (χ1) is 31.1. The van der Waals surface area contributed by atoms with Gasteiger partial charge in [0.25, 0.3) is 0 Å². The van der Waals surface area contributed by atoms with Gasteiger partial charge in [0.05, 0.1) is 36.9 Å². The lowest BCUT2D eigenvalue weighted by Gasteiger charge is -2.71. The van der Waals surface area contributed by atoms with Crippen LogP contribution in [0.1, 0.15) is 107 Å². The van der Waals surface area contributed by atoms with Crippen LogP contribution in [0.4, 0.5) is 0 Å². The first-order valence-corrected chi connectivity index (χ1v) is 24.2. The number of hydrogen-bond acceptors (Lipinski definition) is 18. The second kappa shape index (κ2) is 17.8. The number of rotatable bonds is 9. The summed E-state index contributed by atoms with van der Waals surface area (Å²) < 4.78 is 36.1. The average Bonchev–Trinajstić information content (AvgIpc) is 3.26. The van der Waals surface area contributed by atoms with Crippen LogP contribution in [-0.4, -0.2) is 185 Å². The molecule has 8 rings (SSSR count). The Morgan fingerprint density at radius 3 is 1.96 bits per heavy atom. The topological polar surface area (TPSA) is 312 Å². The second-order valence-electron chi connectivity index (χ2n) is 23.5. The number of aliphatic carboxylic acids is 1. The lowest BCUT2D eigenvalue weighted by Crippen LogP contribution is -2.69. The van der Waals surface area contributed by atoms with E-state index < -0.39 is 144 Å². The van der Waals surface area contributed by atoms with Crippen LogP contribution in [0.15, 0.2) is 11.6 Å². The molecule has 0 unspecified atom stereocenters. The van der Waals surface area contributed by atoms with Crippen molar-refractivity contribution in [1.82, 2.24) is 0 Å². The van der Waals surface area contributed by atoms with E-state index in [9.17, 15) is 65.8 Å². The fourth-order valence-electron chi connectivity index (χ4n) is 14.9. The Labute approximate surface area is 391 Å². The number of ketones is 1. The lowest BCUT2D eigenvalue weighted by atomic mass is 9.33. The molecule has 7 fully saturated rings. The molecule has 67 heavy (non-hydrogen) atoms. The van der Waals surface area contributed by atoms with Gasteiger partial charge in [-0.15, -0.1) is 0 Å². The number of ether oxygens (including phenoxy) is 6. The summed E-state index contributed by atoms with van der Waals surface area (Å²) in [4.78, 5) is 27.3. The van der Waals surface area contributed by atoms with Gasteiger partial charge in [0, 0.05) is 17.3 Å². The van der Waals surface area contributed by atoms with E-state index in [2.05, 4.69) is 47.6 Å². The normalized spacial score (nSPS) is 55.3. The van der Waals surface area contributed by atoms with Crippen molar-refractivity contribution in [2.24, 2.45) is 50.2 Å². The summed E-state index contributed by atoms with van der Waals surface area (Å²) in [5, 5.41) is 120. The van der Waals surface area contributed by atoms with E-state index in [0.717, 1.165) is 12.0 Å². The van der Waals surface area contributed by atoms with Crippen molar-refractivity contribution < 1.29 is 94.2 Å². The van der Waals surface area contributed by atoms with Crippen molar-refractivity contribution in [3.05, 3.63) is 11.6 Å². The molecule has 8 aliphatic rings. The molecule has 3 aliphatic heterocycles. The van der Waals surface area contributed by atoms with Gasteiger partial charge in [0.15, 0.2) is 25.0 Å². The van der Waals surface area contributed by atoms with E-state index in [1.54, 1.807) is 0 Å². The van der Waals surface area contributed by atoms with Crippen LogP contribution in [-0.2, 0) is 38.0 Å². The van der Waals surface area contributed by atoms with E-state index in [0.29, 0.717) is 44.9 Å². The number of carboxylic acid groups (broad SMARTS) is 1. The summed E-state index contributed by atoms with van der Waals surface area (Å²) in [5.41, 5.74) is -2.22. The Morgan fingerprint density at radius 2 is 1.33 bits per heavy atom. The Morgan fingerprint density at radius 1 is 0.701 bits per heavy atom. The number of carboxylic acids is 1. The SMILES string of the molecule is C[C@@H]1O[C@@H](O[C@H]2[C@H](O[C@H]3[C@H](O[C@H]4CC[C@@]5(C)[C@@H](CC[C@]6(C)[C@@H]5CC=C5[C@@H]7CC(C)(C)C[C@@H](O)[C@]7(C)CC(=O)[C@]56C)[C@@]4(C)CO)O[C@H](C(=O)O)[C@@H](O)[C@@H]3O)O[C@H](CO)[C@H](O)[C@@H]2O)[C@H](O)[C@H](O)[C@H]1O. The molecule has 19 nitrogen and oxygen atoms in total. The highest BCUT2D eigenvalue weighted by Crippen LogP contribution is 2.75. The second-order valence-corrected chi connectivity index (χ2v) is 23.5. The zero-order valence-corrected chi connectivity index (χ0v) is 39.9. The van der Waals surface area contributed by atoms with E-state index >= 15 is 0 Å². The van der Waals surface area contributed by atoms with Gasteiger partial charge in [-0.2, -0.15) is 0 Å². The highest BCUT2D eigenvalue weighted by atomic mass is 16.8. The number of aliphatic hydroxyl groups excluding tert-OH is 10. The number of Topliss-reactive ketones (excluding diaryl/α,β-unsaturated/α-hetero) is 1. The number of carbonyl (C=O) groups excluding carboxylic acids is 1. The number of carbonyl (C=O) groups is 2. The third-order valence-corrected chi connectivity index (χ3v) is 19.3. The van der Waals surface area contributed by atoms with Crippen LogP contribution in [0.3, 0.4) is 0 Å². The summed E-state index contributed by atoms with van der Waals surface area (Å²) in [5.74, 6) is -1.63. The minimum Gasteiger partial charge on any atom is -0.479 e. The van der Waals surface area contributed by atoms with Crippen LogP contribution in [0, 0.1) is 50.2 Å². The number of hydrogen-bond donors (Lipinski definition) is 11. The smallest absolute Gasteiger partial charge is 0.335 e. The molecule has 0 amide bonds. The van der Waals surface area contributed by atoms with Crippen LogP contribution in [0.5, 0.6) is 0 Å². The molecule has 4 saturated carbocycles. The molecule has 3 saturated heterocycles. The minimum absolute atomic E-state index is 0.00480. The summed E-state index contributed by atoms with van der Waals surface area (Å²) in [6, 6.07) is 0. The fraction of sp³-hybridized carbons (Fsp3) is 0.917. The molecule has 11 N–H and O–H groups in total. The molecular weight excluding hydrogens is 881 g/mol. The predicted molar refractivity (Wildman–Crippen MR) is 231 cm³/mol. The van der Waals surface area contributed by atoms with Crippen molar-refractivity contribution in [3.8, 4) is 0 Å². The average molecular weight is 957 g/mol. The lowest BCUT2D eigenvalue weighted by molar-refractivity contribution is -0.396. The number of aliphatic hydroxyl groups is 10. The van der Waals surface area contributed by atoms with E-state index in [1.165, 1.54) is 6.92 Å². The summed E-state index contributed by atoms with van der Waals surface area (Å²) in [6.07, 6.45) is -21.2. The maximum absolute atomic E-state index is 14.8. The molecule has 382 valence electrons. The summed E-state index contributed by atoms with van der Waals surface area (Å²) in [7, 11) is 0. The predicted octanol–water partition coefficient (Wildman–Crippen LogP) is -0.116. The first kappa shape index (κ1) is 51.6. The molecule has 25 atom stereocenters. The Balaban J connectivity index is 1.09. The van der Waals surface area contributed by atoms with Gasteiger partial charge in [-0.25, -0.2) is 4.79 Å². The minimum atomic E-state index is -2.10. The highest BCUT2D eigenvalue weighted by Gasteiger charge is 2.72. The monoisotopic (exact) mass is 956 g/mol. The van der Waals surface area contributed by atoms with Crippen molar-refractivity contribution in [2.45, 2.75) is 211 Å². The zero-order chi connectivity index (χ0) is 49.3. The Hall–Kier alpha value is -1.76. The van der Waals surface area contributed by atoms with E-state index in [-0.39, 0.29) is 35.6 Å². The number of allylic oxidation sites excluding steroid dienone is 2. The molecule has 19 heteroatoms. The zero-order valence-electron chi connectivity index (χ0n) is 39.9. The highest BCUT2D eigenvalue weighted by molar-refractivity contribution is 5.91. The fourth-order valence-corrected chi connectivity index (χ4v) is 14.9. The molecule has 0 radical (unpaired) electrons. The number of fused-ring (bicyclic) bond motifs is 7. The largest absolute Gasteiger partial charge is 0.479 e. The van der Waals surface area contributed by atoms with Crippen LogP contribution < -0.4 is 0 Å². The van der Waals surface area contributed by atoms with Crippen molar-refractivity contribution in [2.75, 3.05) is 13.2 Å². The first-order valence-electron chi connectivity index (χ1n) is 24.2. The van der Waals surface area contributed by atoms with Gasteiger partial charge in [0.2, 0.25) is 0 Å². The Kier molecular flexibility index (Phi) is 13.7.